The summed E-state index contributed by atoms with van der Waals surface area (Å²) < 4.78 is 0. The van der Waals surface area contributed by atoms with Crippen molar-refractivity contribution < 1.29 is 4.79 Å². The highest BCUT2D eigenvalue weighted by molar-refractivity contribution is 5.92. The monoisotopic (exact) mass is 314 g/mol. The van der Waals surface area contributed by atoms with Gasteiger partial charge in [0.1, 0.15) is 0 Å². The molecule has 0 bridgehead atoms. The molecule has 1 amide bonds. The molecule has 1 aromatic carbocycles. The zero-order valence-corrected chi connectivity index (χ0v) is 15.5. The Balaban J connectivity index is 2.27. The Bertz CT molecular complexity index is 652. The number of fused-ring (bicyclic) bond motifs is 1. The summed E-state index contributed by atoms with van der Waals surface area (Å²) in [5, 5.41) is 3.07. The Kier molecular flexibility index (Phi) is 3.74. The molecule has 3 rings (SSSR count). The topological polar surface area (TPSA) is 32.3 Å². The second-order valence-electron chi connectivity index (χ2n) is 8.64. The van der Waals surface area contributed by atoms with Crippen LogP contribution in [-0.4, -0.2) is 19.0 Å². The number of rotatable bonds is 2. The molecule has 0 spiro atoms. The van der Waals surface area contributed by atoms with Crippen molar-refractivity contribution in [2.45, 2.75) is 71.6 Å². The third kappa shape index (κ3) is 2.64. The van der Waals surface area contributed by atoms with E-state index in [2.05, 4.69) is 50.9 Å². The molecule has 3 heteroatoms. The van der Waals surface area contributed by atoms with Gasteiger partial charge in [-0.1, -0.05) is 27.7 Å². The van der Waals surface area contributed by atoms with Gasteiger partial charge in [-0.3, -0.25) is 4.79 Å². The van der Waals surface area contributed by atoms with Crippen molar-refractivity contribution >= 4 is 17.3 Å². The molecule has 126 valence electrons. The molecule has 0 atom stereocenters. The quantitative estimate of drug-likeness (QED) is 0.871. The van der Waals surface area contributed by atoms with Crippen LogP contribution in [0.25, 0.3) is 0 Å². The lowest BCUT2D eigenvalue weighted by Crippen LogP contribution is -2.25. The summed E-state index contributed by atoms with van der Waals surface area (Å²) in [6.45, 7) is 15.4. The maximum atomic E-state index is 11.7. The Labute approximate surface area is 140 Å². The maximum absolute atomic E-state index is 11.7. The van der Waals surface area contributed by atoms with Crippen molar-refractivity contribution in [2.75, 3.05) is 23.3 Å². The summed E-state index contributed by atoms with van der Waals surface area (Å²) in [4.78, 5) is 14.2. The van der Waals surface area contributed by atoms with Gasteiger partial charge >= 0.3 is 0 Å². The maximum Gasteiger partial charge on any atom is 0.221 e. The Hall–Kier alpha value is -1.51. The van der Waals surface area contributed by atoms with Gasteiger partial charge in [-0.15, -0.1) is 0 Å². The van der Waals surface area contributed by atoms with E-state index >= 15 is 0 Å². The van der Waals surface area contributed by atoms with Gasteiger partial charge in [-0.2, -0.15) is 0 Å². The van der Waals surface area contributed by atoms with Crippen LogP contribution in [0.2, 0.25) is 0 Å². The second kappa shape index (κ2) is 5.25. The van der Waals surface area contributed by atoms with E-state index in [0.29, 0.717) is 0 Å². The first kappa shape index (κ1) is 16.4. The van der Waals surface area contributed by atoms with E-state index < -0.39 is 0 Å². The summed E-state index contributed by atoms with van der Waals surface area (Å²) in [5.41, 5.74) is 6.86. The first-order chi connectivity index (χ1) is 10.6. The van der Waals surface area contributed by atoms with E-state index in [1.807, 2.05) is 0 Å². The van der Waals surface area contributed by atoms with E-state index in [1.165, 1.54) is 35.2 Å². The van der Waals surface area contributed by atoms with Crippen molar-refractivity contribution in [3.8, 4) is 0 Å². The molecule has 0 unspecified atom stereocenters. The number of hydrogen-bond acceptors (Lipinski definition) is 2. The summed E-state index contributed by atoms with van der Waals surface area (Å²) in [6, 6.07) is 2.24. The first-order valence-corrected chi connectivity index (χ1v) is 8.84. The Morgan fingerprint density at radius 3 is 2.30 bits per heavy atom. The number of carbonyl (C=O) groups excluding carboxylic acids is 1. The molecule has 1 saturated heterocycles. The van der Waals surface area contributed by atoms with E-state index in [-0.39, 0.29) is 16.7 Å². The fourth-order valence-corrected chi connectivity index (χ4v) is 4.93. The third-order valence-electron chi connectivity index (χ3n) is 5.58. The van der Waals surface area contributed by atoms with Crippen molar-refractivity contribution in [3.05, 3.63) is 22.8 Å². The molecule has 0 aromatic heterocycles. The molecule has 1 aromatic rings. The minimum absolute atomic E-state index is 0.00971. The largest absolute Gasteiger partial charge is 0.371 e. The van der Waals surface area contributed by atoms with Gasteiger partial charge in [0, 0.05) is 31.4 Å². The van der Waals surface area contributed by atoms with Crippen LogP contribution in [0.3, 0.4) is 0 Å². The molecular weight excluding hydrogens is 284 g/mol. The van der Waals surface area contributed by atoms with Gasteiger partial charge in [-0.05, 0) is 59.8 Å². The molecule has 0 radical (unpaired) electrons. The number of benzene rings is 1. The van der Waals surface area contributed by atoms with Gasteiger partial charge in [0.15, 0.2) is 0 Å². The minimum Gasteiger partial charge on any atom is -0.371 e. The van der Waals surface area contributed by atoms with Crippen molar-refractivity contribution in [3.63, 3.8) is 0 Å². The summed E-state index contributed by atoms with van der Waals surface area (Å²) in [7, 11) is 0. The van der Waals surface area contributed by atoms with Crippen LogP contribution in [-0.2, 0) is 15.6 Å². The zero-order chi connectivity index (χ0) is 17.0. The molecule has 0 saturated carbocycles. The van der Waals surface area contributed by atoms with Gasteiger partial charge in [0.05, 0.1) is 0 Å². The molecule has 1 heterocycles. The fraction of sp³-hybridized carbons (Fsp3) is 0.650. The molecule has 1 N–H and O–H groups in total. The smallest absolute Gasteiger partial charge is 0.221 e. The normalized spacial score (nSPS) is 21.4. The first-order valence-electron chi connectivity index (χ1n) is 8.84. The van der Waals surface area contributed by atoms with E-state index in [1.54, 1.807) is 6.92 Å². The lowest BCUT2D eigenvalue weighted by molar-refractivity contribution is -0.114. The number of carbonyl (C=O) groups is 1. The standard InChI is InChI=1S/C20H30N2O/c1-13-16(21-14(2)23)11-15-17(18(13)22-9-7-8-10-22)20(5,6)12-19(15,3)4/h11H,7-10,12H2,1-6H3,(H,21,23). The Morgan fingerprint density at radius 2 is 1.74 bits per heavy atom. The number of amides is 1. The number of nitrogens with zero attached hydrogens (tertiary/aromatic N) is 1. The van der Waals surface area contributed by atoms with E-state index in [9.17, 15) is 4.79 Å². The van der Waals surface area contributed by atoms with Crippen molar-refractivity contribution in [1.82, 2.24) is 0 Å². The van der Waals surface area contributed by atoms with Crippen LogP contribution in [0.4, 0.5) is 11.4 Å². The molecule has 3 nitrogen and oxygen atoms in total. The summed E-state index contributed by atoms with van der Waals surface area (Å²) in [6.07, 6.45) is 3.68. The van der Waals surface area contributed by atoms with Crippen LogP contribution in [0.15, 0.2) is 6.07 Å². The zero-order valence-electron chi connectivity index (χ0n) is 15.5. The van der Waals surface area contributed by atoms with Crippen molar-refractivity contribution in [2.24, 2.45) is 0 Å². The molecular formula is C20H30N2O. The minimum atomic E-state index is 0.00971. The molecule has 1 fully saturated rings. The lowest BCUT2D eigenvalue weighted by Gasteiger charge is -2.31. The van der Waals surface area contributed by atoms with Crippen LogP contribution in [0.5, 0.6) is 0 Å². The van der Waals surface area contributed by atoms with Gasteiger partial charge in [0.25, 0.3) is 0 Å². The van der Waals surface area contributed by atoms with Gasteiger partial charge in [0.2, 0.25) is 5.91 Å². The average molecular weight is 314 g/mol. The predicted molar refractivity (Wildman–Crippen MR) is 97.6 cm³/mol. The SMILES string of the molecule is CC(=O)Nc1cc2c(c(N3CCCC3)c1C)C(C)(C)CC2(C)C. The number of anilines is 2. The van der Waals surface area contributed by atoms with Crippen molar-refractivity contribution in [1.29, 1.82) is 0 Å². The van der Waals surface area contributed by atoms with E-state index in [4.69, 9.17) is 0 Å². The molecule has 1 aliphatic carbocycles. The molecule has 2 aliphatic rings. The summed E-state index contributed by atoms with van der Waals surface area (Å²) >= 11 is 0. The predicted octanol–water partition coefficient (Wildman–Crippen LogP) is 4.51. The average Bonchev–Trinajstić information content (AvgIpc) is 2.96. The second-order valence-corrected chi connectivity index (χ2v) is 8.64. The van der Waals surface area contributed by atoms with Crippen LogP contribution in [0.1, 0.15) is 70.6 Å². The summed E-state index contributed by atoms with van der Waals surface area (Å²) in [5.74, 6) is 0.00971. The van der Waals surface area contributed by atoms with Crippen LogP contribution < -0.4 is 10.2 Å². The molecule has 1 aliphatic heterocycles. The fourth-order valence-electron chi connectivity index (χ4n) is 4.93. The molecule has 23 heavy (non-hydrogen) atoms. The van der Waals surface area contributed by atoms with Gasteiger partial charge in [-0.25, -0.2) is 0 Å². The van der Waals surface area contributed by atoms with Crippen LogP contribution in [0, 0.1) is 6.92 Å². The highest BCUT2D eigenvalue weighted by Gasteiger charge is 2.45. The third-order valence-corrected chi connectivity index (χ3v) is 5.58. The van der Waals surface area contributed by atoms with E-state index in [0.717, 1.165) is 25.2 Å². The van der Waals surface area contributed by atoms with Crippen LogP contribution >= 0.6 is 0 Å². The number of hydrogen-bond donors (Lipinski definition) is 1. The Morgan fingerprint density at radius 1 is 1.13 bits per heavy atom. The highest BCUT2D eigenvalue weighted by Crippen LogP contribution is 2.55. The lowest BCUT2D eigenvalue weighted by atomic mass is 9.81. The number of nitrogens with one attached hydrogen (secondary N) is 1. The highest BCUT2D eigenvalue weighted by atomic mass is 16.1. The van der Waals surface area contributed by atoms with Gasteiger partial charge < -0.3 is 10.2 Å².